The fraction of sp³-hybridized carbons (Fsp3) is 0.562. The third kappa shape index (κ3) is 2.64. The number of nitrogens with one attached hydrogen (secondary N) is 3. The van der Waals surface area contributed by atoms with Gasteiger partial charge in [0.1, 0.15) is 0 Å². The van der Waals surface area contributed by atoms with E-state index in [1.807, 2.05) is 0 Å². The minimum atomic E-state index is -0.0615. The van der Waals surface area contributed by atoms with Crippen molar-refractivity contribution >= 4 is 54.8 Å². The molecule has 4 rings (SSSR count). The molecule has 3 N–H and O–H groups in total. The quantitative estimate of drug-likeness (QED) is 0.635. The first kappa shape index (κ1) is 16.6. The van der Waals surface area contributed by atoms with Crippen molar-refractivity contribution in [3.63, 3.8) is 0 Å². The second kappa shape index (κ2) is 6.48. The van der Waals surface area contributed by atoms with Crippen molar-refractivity contribution in [1.29, 1.82) is 0 Å². The van der Waals surface area contributed by atoms with Crippen LogP contribution in [0.1, 0.15) is 18.9 Å². The molecule has 1 atom stereocenters. The third-order valence-electron chi connectivity index (χ3n) is 4.93. The van der Waals surface area contributed by atoms with E-state index >= 15 is 0 Å². The lowest BCUT2D eigenvalue weighted by Crippen LogP contribution is -2.57. The van der Waals surface area contributed by atoms with Gasteiger partial charge in [-0.25, -0.2) is 0 Å². The molecular weight excluding hydrogens is 438 g/mol. The van der Waals surface area contributed by atoms with Gasteiger partial charge in [0.25, 0.3) is 0 Å². The standard InChI is InChI=1S/C16H21Br2N5O/c1-9(24)20-13-12(18)11(17)10-3-2-6-23-15(10)14(13)21-16(23)22-7-4-19-5-8-22/h16,19,21H,2-8H2,1H3,(H,20,24). The summed E-state index contributed by atoms with van der Waals surface area (Å²) < 4.78 is 1.97. The molecule has 1 amide bonds. The molecular formula is C16H21Br2N5O. The minimum absolute atomic E-state index is 0.0615. The first-order chi connectivity index (χ1) is 11.6. The van der Waals surface area contributed by atoms with E-state index in [0.29, 0.717) is 0 Å². The van der Waals surface area contributed by atoms with Gasteiger partial charge in [-0.1, -0.05) is 0 Å². The van der Waals surface area contributed by atoms with E-state index in [-0.39, 0.29) is 12.2 Å². The Bertz CT molecular complexity index is 690. The summed E-state index contributed by atoms with van der Waals surface area (Å²) in [5, 5.41) is 10.1. The Hall–Kier alpha value is -0.830. The summed E-state index contributed by atoms with van der Waals surface area (Å²) in [6.45, 7) is 6.66. The van der Waals surface area contributed by atoms with E-state index in [4.69, 9.17) is 0 Å². The molecule has 1 aromatic carbocycles. The van der Waals surface area contributed by atoms with E-state index < -0.39 is 0 Å². The highest BCUT2D eigenvalue weighted by molar-refractivity contribution is 9.13. The maximum absolute atomic E-state index is 11.7. The largest absolute Gasteiger partial charge is 0.349 e. The molecule has 0 bridgehead atoms. The molecule has 0 aromatic heterocycles. The second-order valence-electron chi connectivity index (χ2n) is 6.49. The van der Waals surface area contributed by atoms with Gasteiger partial charge in [-0.05, 0) is 50.3 Å². The van der Waals surface area contributed by atoms with Crippen molar-refractivity contribution in [3.05, 3.63) is 14.5 Å². The van der Waals surface area contributed by atoms with Crippen molar-refractivity contribution in [2.24, 2.45) is 0 Å². The molecule has 1 fully saturated rings. The van der Waals surface area contributed by atoms with Crippen LogP contribution in [0.2, 0.25) is 0 Å². The molecule has 0 aliphatic carbocycles. The van der Waals surface area contributed by atoms with Crippen LogP contribution in [-0.2, 0) is 11.2 Å². The minimum Gasteiger partial charge on any atom is -0.349 e. The summed E-state index contributed by atoms with van der Waals surface area (Å²) in [6, 6.07) is 0. The molecule has 1 aromatic rings. The van der Waals surface area contributed by atoms with Gasteiger partial charge in [0.15, 0.2) is 6.29 Å². The normalized spacial score (nSPS) is 23.0. The fourth-order valence-corrected chi connectivity index (χ4v) is 5.03. The maximum Gasteiger partial charge on any atom is 0.221 e. The smallest absolute Gasteiger partial charge is 0.221 e. The number of nitrogens with zero attached hydrogens (tertiary/aromatic N) is 2. The lowest BCUT2D eigenvalue weighted by molar-refractivity contribution is -0.114. The zero-order chi connectivity index (χ0) is 16.8. The third-order valence-corrected chi connectivity index (χ3v) is 7.13. The summed E-state index contributed by atoms with van der Waals surface area (Å²) in [5.74, 6) is -0.0615. The molecule has 6 nitrogen and oxygen atoms in total. The molecule has 3 aliphatic rings. The number of amides is 1. The van der Waals surface area contributed by atoms with E-state index in [1.54, 1.807) is 6.92 Å². The lowest BCUT2D eigenvalue weighted by Gasteiger charge is -2.40. The highest BCUT2D eigenvalue weighted by Gasteiger charge is 2.40. The highest BCUT2D eigenvalue weighted by atomic mass is 79.9. The zero-order valence-corrected chi connectivity index (χ0v) is 16.8. The van der Waals surface area contributed by atoms with Gasteiger partial charge in [-0.15, -0.1) is 0 Å². The Morgan fingerprint density at radius 1 is 1.21 bits per heavy atom. The second-order valence-corrected chi connectivity index (χ2v) is 8.07. The first-order valence-electron chi connectivity index (χ1n) is 8.37. The summed E-state index contributed by atoms with van der Waals surface area (Å²) in [6.07, 6.45) is 2.35. The Labute approximate surface area is 158 Å². The van der Waals surface area contributed by atoms with Crippen LogP contribution >= 0.6 is 31.9 Å². The number of carbonyl (C=O) groups excluding carboxylic acids is 1. The average molecular weight is 459 g/mol. The van der Waals surface area contributed by atoms with Crippen LogP contribution < -0.4 is 20.9 Å². The Balaban J connectivity index is 1.80. The summed E-state index contributed by atoms with van der Waals surface area (Å²) in [7, 11) is 0. The molecule has 24 heavy (non-hydrogen) atoms. The number of hydrogen-bond acceptors (Lipinski definition) is 5. The van der Waals surface area contributed by atoms with Crippen molar-refractivity contribution in [3.8, 4) is 0 Å². The van der Waals surface area contributed by atoms with Crippen LogP contribution in [0, 0.1) is 0 Å². The molecule has 130 valence electrons. The topological polar surface area (TPSA) is 59.6 Å². The van der Waals surface area contributed by atoms with Crippen molar-refractivity contribution in [1.82, 2.24) is 10.2 Å². The predicted molar refractivity (Wildman–Crippen MR) is 104 cm³/mol. The van der Waals surface area contributed by atoms with Crippen LogP contribution in [0.3, 0.4) is 0 Å². The monoisotopic (exact) mass is 457 g/mol. The average Bonchev–Trinajstić information content (AvgIpc) is 2.98. The molecule has 0 radical (unpaired) electrons. The van der Waals surface area contributed by atoms with Gasteiger partial charge in [0, 0.05) is 44.1 Å². The molecule has 1 saturated heterocycles. The number of carbonyl (C=O) groups is 1. The van der Waals surface area contributed by atoms with Crippen LogP contribution in [0.15, 0.2) is 8.95 Å². The number of hydrogen-bond donors (Lipinski definition) is 3. The van der Waals surface area contributed by atoms with Crippen LogP contribution in [0.5, 0.6) is 0 Å². The Kier molecular flexibility index (Phi) is 4.49. The van der Waals surface area contributed by atoms with Gasteiger partial charge < -0.3 is 20.9 Å². The summed E-state index contributed by atoms with van der Waals surface area (Å²) >= 11 is 7.41. The molecule has 0 spiro atoms. The predicted octanol–water partition coefficient (Wildman–Crippen LogP) is 2.54. The van der Waals surface area contributed by atoms with Crippen LogP contribution in [-0.4, -0.2) is 49.8 Å². The van der Waals surface area contributed by atoms with E-state index in [9.17, 15) is 4.79 Å². The molecule has 3 heterocycles. The van der Waals surface area contributed by atoms with Crippen molar-refractivity contribution in [2.75, 3.05) is 48.3 Å². The van der Waals surface area contributed by atoms with Crippen molar-refractivity contribution in [2.45, 2.75) is 26.1 Å². The Morgan fingerprint density at radius 3 is 2.67 bits per heavy atom. The zero-order valence-electron chi connectivity index (χ0n) is 13.6. The number of benzene rings is 1. The highest BCUT2D eigenvalue weighted by Crippen LogP contribution is 2.53. The number of halogens is 2. The summed E-state index contributed by atoms with van der Waals surface area (Å²) in [5.41, 5.74) is 4.43. The van der Waals surface area contributed by atoms with Gasteiger partial charge >= 0.3 is 0 Å². The van der Waals surface area contributed by atoms with Crippen molar-refractivity contribution < 1.29 is 4.79 Å². The van der Waals surface area contributed by atoms with E-state index in [1.165, 1.54) is 11.3 Å². The van der Waals surface area contributed by atoms with E-state index in [2.05, 4.69) is 57.6 Å². The maximum atomic E-state index is 11.7. The molecule has 8 heteroatoms. The fourth-order valence-electron chi connectivity index (χ4n) is 3.91. The van der Waals surface area contributed by atoms with Crippen LogP contribution in [0.4, 0.5) is 17.1 Å². The Morgan fingerprint density at radius 2 is 1.96 bits per heavy atom. The molecule has 3 aliphatic heterocycles. The van der Waals surface area contributed by atoms with Gasteiger partial charge in [0.05, 0.1) is 21.5 Å². The van der Waals surface area contributed by atoms with Gasteiger partial charge in [-0.3, -0.25) is 9.69 Å². The number of rotatable bonds is 2. The van der Waals surface area contributed by atoms with E-state index in [0.717, 1.165) is 65.9 Å². The summed E-state index contributed by atoms with van der Waals surface area (Å²) in [4.78, 5) is 16.6. The molecule has 0 saturated carbocycles. The number of piperazine rings is 1. The lowest BCUT2D eigenvalue weighted by atomic mass is 10.0. The van der Waals surface area contributed by atoms with Crippen LogP contribution in [0.25, 0.3) is 0 Å². The van der Waals surface area contributed by atoms with Gasteiger partial charge in [-0.2, -0.15) is 0 Å². The molecule has 1 unspecified atom stereocenters. The van der Waals surface area contributed by atoms with Gasteiger partial charge in [0.2, 0.25) is 5.91 Å². The SMILES string of the molecule is CC(=O)Nc1c(Br)c(Br)c2c3c1NC(N1CCNCC1)N3CCC2. The number of anilines is 3. The first-order valence-corrected chi connectivity index (χ1v) is 9.96.